The molecule has 0 aliphatic carbocycles. The van der Waals surface area contributed by atoms with E-state index in [-0.39, 0.29) is 11.5 Å². The molecule has 188 valence electrons. The molecular weight excluding hydrogens is 474 g/mol. The molecule has 2 heterocycles. The number of hydrogen-bond donors (Lipinski definition) is 2. The number of hydrogen-bond acceptors (Lipinski definition) is 5. The van der Waals surface area contributed by atoms with Crippen molar-refractivity contribution in [1.29, 1.82) is 0 Å². The van der Waals surface area contributed by atoms with Crippen molar-refractivity contribution in [2.75, 3.05) is 26.2 Å². The lowest BCUT2D eigenvalue weighted by Gasteiger charge is -2.31. The fourth-order valence-corrected chi connectivity index (χ4v) is 5.50. The van der Waals surface area contributed by atoms with Crippen molar-refractivity contribution in [3.63, 3.8) is 0 Å². The predicted octanol–water partition coefficient (Wildman–Crippen LogP) is 6.93. The molecule has 0 radical (unpaired) electrons. The van der Waals surface area contributed by atoms with Crippen molar-refractivity contribution in [2.45, 2.75) is 32.8 Å². The summed E-state index contributed by atoms with van der Waals surface area (Å²) in [6.07, 6.45) is 2.13. The van der Waals surface area contributed by atoms with Crippen LogP contribution in [0.1, 0.15) is 49.5 Å². The number of likely N-dealkylation sites (tertiary alicyclic amines) is 1. The molecule has 6 heteroatoms. The molecule has 2 N–H and O–H groups in total. The molecule has 36 heavy (non-hydrogen) atoms. The van der Waals surface area contributed by atoms with Crippen LogP contribution in [0.5, 0.6) is 23.0 Å². The molecule has 1 unspecified atom stereocenters. The summed E-state index contributed by atoms with van der Waals surface area (Å²) in [7, 11) is 0. The number of aromatic hydroxyl groups is 2. The summed E-state index contributed by atoms with van der Waals surface area (Å²) in [5, 5.41) is 20.4. The van der Waals surface area contributed by atoms with Crippen molar-refractivity contribution in [1.82, 2.24) is 4.90 Å². The number of rotatable bonds is 7. The lowest BCUT2D eigenvalue weighted by atomic mass is 9.86. The molecule has 0 bridgehead atoms. The second-order valence-corrected chi connectivity index (χ2v) is 10.1. The first kappa shape index (κ1) is 24.5. The monoisotopic (exact) mass is 505 g/mol. The molecular formula is C30H32ClNO4. The summed E-state index contributed by atoms with van der Waals surface area (Å²) in [6, 6.07) is 18.1. The van der Waals surface area contributed by atoms with E-state index in [2.05, 4.69) is 11.8 Å². The normalized spacial score (nSPS) is 19.8. The Morgan fingerprint density at radius 2 is 1.75 bits per heavy atom. The Labute approximate surface area is 217 Å². The van der Waals surface area contributed by atoms with E-state index in [4.69, 9.17) is 21.1 Å². The average molecular weight is 506 g/mol. The van der Waals surface area contributed by atoms with Gasteiger partial charge in [-0.2, -0.15) is 0 Å². The highest BCUT2D eigenvalue weighted by atomic mass is 35.5. The van der Waals surface area contributed by atoms with Gasteiger partial charge in [0.15, 0.2) is 0 Å². The Kier molecular flexibility index (Phi) is 7.13. The summed E-state index contributed by atoms with van der Waals surface area (Å²) in [5.41, 5.74) is 4.41. The van der Waals surface area contributed by atoms with E-state index >= 15 is 0 Å². The quantitative estimate of drug-likeness (QED) is 0.364. The molecule has 0 saturated carbocycles. The number of phenols is 2. The molecule has 0 amide bonds. The first-order valence-corrected chi connectivity index (χ1v) is 13.0. The van der Waals surface area contributed by atoms with Crippen LogP contribution in [0.3, 0.4) is 0 Å². The van der Waals surface area contributed by atoms with Crippen LogP contribution >= 0.6 is 11.6 Å². The van der Waals surface area contributed by atoms with E-state index in [1.54, 1.807) is 30.3 Å². The number of halogens is 1. The Bertz CT molecular complexity index is 1270. The third-order valence-electron chi connectivity index (χ3n) is 7.33. The van der Waals surface area contributed by atoms with Crippen molar-refractivity contribution in [3.05, 3.63) is 82.4 Å². The zero-order valence-corrected chi connectivity index (χ0v) is 21.5. The van der Waals surface area contributed by atoms with Gasteiger partial charge in [0.1, 0.15) is 35.7 Å². The van der Waals surface area contributed by atoms with Crippen LogP contribution in [0.2, 0.25) is 5.02 Å². The minimum atomic E-state index is -0.409. The minimum Gasteiger partial charge on any atom is -0.508 e. The molecule has 5 rings (SSSR count). The van der Waals surface area contributed by atoms with Crippen LogP contribution in [-0.4, -0.2) is 41.4 Å². The number of ether oxygens (including phenoxy) is 2. The summed E-state index contributed by atoms with van der Waals surface area (Å²) in [6.45, 7) is 8.21. The van der Waals surface area contributed by atoms with Crippen LogP contribution in [0.15, 0.2) is 60.7 Å². The van der Waals surface area contributed by atoms with Crippen LogP contribution in [0.25, 0.3) is 11.1 Å². The number of fused-ring (bicyclic) bond motifs is 1. The van der Waals surface area contributed by atoms with Gasteiger partial charge in [-0.3, -0.25) is 4.90 Å². The van der Waals surface area contributed by atoms with E-state index in [0.717, 1.165) is 52.6 Å². The van der Waals surface area contributed by atoms with E-state index in [9.17, 15) is 10.2 Å². The molecule has 0 spiro atoms. The standard InChI is InChI=1S/C30H32ClNO4/c1-3-20-12-13-32(18-20)14-15-35-24-8-4-21(5-9-24)30-29(25-10-6-23(34)17-27(25)31)19(2)26-16-22(33)7-11-28(26)36-30/h4-11,16-17,20,30,33-34H,3,12-15,18H2,1-2H3/t20-,30?/m1/s1. The fourth-order valence-electron chi connectivity index (χ4n) is 5.22. The van der Waals surface area contributed by atoms with E-state index in [1.807, 2.05) is 31.2 Å². The van der Waals surface area contributed by atoms with Gasteiger partial charge in [0.05, 0.1) is 5.02 Å². The van der Waals surface area contributed by atoms with Gasteiger partial charge < -0.3 is 19.7 Å². The molecule has 2 aliphatic heterocycles. The summed E-state index contributed by atoms with van der Waals surface area (Å²) in [5.74, 6) is 2.63. The van der Waals surface area contributed by atoms with E-state index in [0.29, 0.717) is 17.4 Å². The first-order chi connectivity index (χ1) is 17.4. The van der Waals surface area contributed by atoms with Crippen LogP contribution in [0, 0.1) is 5.92 Å². The SMILES string of the molecule is CC[C@@H]1CCN(CCOc2ccc(C3Oc4ccc(O)cc4C(C)=C3c3ccc(O)cc3Cl)cc2)C1. The Morgan fingerprint density at radius 3 is 2.47 bits per heavy atom. The fraction of sp³-hybridized carbons (Fsp3) is 0.333. The molecule has 1 saturated heterocycles. The smallest absolute Gasteiger partial charge is 0.150 e. The molecule has 2 aliphatic rings. The van der Waals surface area contributed by atoms with Gasteiger partial charge in [0, 0.05) is 29.8 Å². The highest BCUT2D eigenvalue weighted by Gasteiger charge is 2.31. The maximum absolute atomic E-state index is 10.1. The van der Waals surface area contributed by atoms with Gasteiger partial charge in [0.25, 0.3) is 0 Å². The highest BCUT2D eigenvalue weighted by Crippen LogP contribution is 2.49. The molecule has 3 aromatic carbocycles. The summed E-state index contributed by atoms with van der Waals surface area (Å²) < 4.78 is 12.5. The van der Waals surface area contributed by atoms with Gasteiger partial charge in [0.2, 0.25) is 0 Å². The Morgan fingerprint density at radius 1 is 1.00 bits per heavy atom. The number of benzene rings is 3. The number of nitrogens with zero attached hydrogens (tertiary/aromatic N) is 1. The van der Waals surface area contributed by atoms with Gasteiger partial charge >= 0.3 is 0 Å². The first-order valence-electron chi connectivity index (χ1n) is 12.6. The second-order valence-electron chi connectivity index (χ2n) is 9.66. The van der Waals surface area contributed by atoms with Gasteiger partial charge in [-0.25, -0.2) is 0 Å². The van der Waals surface area contributed by atoms with Crippen molar-refractivity contribution in [2.24, 2.45) is 5.92 Å². The van der Waals surface area contributed by atoms with Crippen molar-refractivity contribution in [3.8, 4) is 23.0 Å². The van der Waals surface area contributed by atoms with Crippen LogP contribution in [-0.2, 0) is 0 Å². The lowest BCUT2D eigenvalue weighted by Crippen LogP contribution is -2.26. The molecule has 5 nitrogen and oxygen atoms in total. The van der Waals surface area contributed by atoms with Crippen LogP contribution < -0.4 is 9.47 Å². The largest absolute Gasteiger partial charge is 0.508 e. The topological polar surface area (TPSA) is 62.2 Å². The average Bonchev–Trinajstić information content (AvgIpc) is 3.33. The third-order valence-corrected chi connectivity index (χ3v) is 7.64. The lowest BCUT2D eigenvalue weighted by molar-refractivity contribution is 0.232. The Hall–Kier alpha value is -3.15. The number of phenolic OH excluding ortho intramolecular Hbond substituents is 2. The summed E-state index contributed by atoms with van der Waals surface area (Å²) in [4.78, 5) is 2.48. The maximum Gasteiger partial charge on any atom is 0.150 e. The molecule has 0 aromatic heterocycles. The van der Waals surface area contributed by atoms with Gasteiger partial charge in [-0.1, -0.05) is 37.1 Å². The van der Waals surface area contributed by atoms with Crippen molar-refractivity contribution < 1.29 is 19.7 Å². The van der Waals surface area contributed by atoms with Gasteiger partial charge in [-0.05, 0) is 85.5 Å². The Balaban J connectivity index is 1.39. The van der Waals surface area contributed by atoms with E-state index in [1.165, 1.54) is 25.5 Å². The predicted molar refractivity (Wildman–Crippen MR) is 144 cm³/mol. The summed E-state index contributed by atoms with van der Waals surface area (Å²) >= 11 is 6.57. The van der Waals surface area contributed by atoms with E-state index < -0.39 is 6.10 Å². The minimum absolute atomic E-state index is 0.106. The second kappa shape index (κ2) is 10.5. The zero-order chi connectivity index (χ0) is 25.2. The highest BCUT2D eigenvalue weighted by molar-refractivity contribution is 6.33. The van der Waals surface area contributed by atoms with Crippen molar-refractivity contribution >= 4 is 22.7 Å². The number of allylic oxidation sites excluding steroid dienone is 1. The molecule has 3 aromatic rings. The van der Waals surface area contributed by atoms with Gasteiger partial charge in [-0.15, -0.1) is 0 Å². The zero-order valence-electron chi connectivity index (χ0n) is 20.7. The maximum atomic E-state index is 10.1. The van der Waals surface area contributed by atoms with Crippen LogP contribution in [0.4, 0.5) is 0 Å². The third kappa shape index (κ3) is 5.04. The molecule has 1 fully saturated rings. The molecule has 2 atom stereocenters.